The van der Waals surface area contributed by atoms with Gasteiger partial charge in [-0.2, -0.15) is 0 Å². The molecule has 1 heterocycles. The molecular formula is C58H92N16O13. The first-order chi connectivity index (χ1) is 41.1. The van der Waals surface area contributed by atoms with E-state index >= 15 is 0 Å². The monoisotopic (exact) mass is 1220 g/mol. The minimum absolute atomic E-state index is 0.00859. The molecule has 87 heavy (non-hydrogen) atoms. The van der Waals surface area contributed by atoms with Gasteiger partial charge in [0.2, 0.25) is 53.2 Å². The number of primary amides is 1. The van der Waals surface area contributed by atoms with Crippen LogP contribution in [0, 0.1) is 17.8 Å². The number of hydrogen-bond donors (Lipinski definition) is 15. The number of nitrogens with two attached hydrogens (primary N) is 6. The number of rotatable bonds is 36. The fraction of sp³-hybridized carbons (Fsp3) is 0.586. The zero-order valence-electron chi connectivity index (χ0n) is 50.8. The number of aromatic hydroxyl groups is 2. The van der Waals surface area contributed by atoms with Crippen LogP contribution in [0.1, 0.15) is 117 Å². The molecule has 0 radical (unpaired) electrons. The van der Waals surface area contributed by atoms with Crippen molar-refractivity contribution in [3.05, 3.63) is 59.7 Å². The summed E-state index contributed by atoms with van der Waals surface area (Å²) in [4.78, 5) is 149. The van der Waals surface area contributed by atoms with E-state index in [1.54, 1.807) is 46.8 Å². The van der Waals surface area contributed by atoms with E-state index in [9.17, 15) is 58.2 Å². The Balaban J connectivity index is 1.99. The molecule has 0 spiro atoms. The highest BCUT2D eigenvalue weighted by atomic mass is 16.5. The molecular weight excluding hydrogens is 1130 g/mol. The minimum atomic E-state index is -1.47. The molecule has 2 aromatic rings. The zero-order chi connectivity index (χ0) is 65.1. The number of carbonyl (C=O) groups is 10. The first-order valence-electron chi connectivity index (χ1n) is 29.3. The smallest absolute Gasteiger partial charge is 0.328 e. The number of guanidine groups is 2. The van der Waals surface area contributed by atoms with E-state index in [-0.39, 0.29) is 106 Å². The molecule has 1 aliphatic rings. The summed E-state index contributed by atoms with van der Waals surface area (Å²) >= 11 is 0. The lowest BCUT2D eigenvalue weighted by Gasteiger charge is -2.32. The Kier molecular flexibility index (Phi) is 30.2. The Bertz CT molecular complexity index is 2700. The highest BCUT2D eigenvalue weighted by molar-refractivity contribution is 5.99. The van der Waals surface area contributed by atoms with Gasteiger partial charge in [0.1, 0.15) is 59.8 Å². The van der Waals surface area contributed by atoms with Crippen molar-refractivity contribution in [1.82, 2.24) is 42.1 Å². The molecule has 3 rings (SSSR count). The second kappa shape index (κ2) is 36.3. The van der Waals surface area contributed by atoms with Crippen molar-refractivity contribution in [2.24, 2.45) is 62.1 Å². The van der Waals surface area contributed by atoms with Crippen molar-refractivity contribution in [2.45, 2.75) is 173 Å². The number of carbonyl (C=O) groups excluding carboxylic acids is 10. The molecule has 0 saturated carbocycles. The fourth-order valence-electron chi connectivity index (χ4n) is 9.51. The topological polar surface area (TPSA) is 489 Å². The second-order valence-electron chi connectivity index (χ2n) is 22.3. The quantitative estimate of drug-likeness (QED) is 0.0150. The van der Waals surface area contributed by atoms with Gasteiger partial charge >= 0.3 is 5.97 Å². The Morgan fingerprint density at radius 3 is 1.48 bits per heavy atom. The van der Waals surface area contributed by atoms with E-state index in [0.717, 1.165) is 7.11 Å². The fourth-order valence-corrected chi connectivity index (χ4v) is 9.51. The molecule has 9 amide bonds. The molecule has 11 atom stereocenters. The van der Waals surface area contributed by atoms with Crippen LogP contribution in [0.4, 0.5) is 0 Å². The van der Waals surface area contributed by atoms with Crippen molar-refractivity contribution in [2.75, 3.05) is 26.7 Å². The largest absolute Gasteiger partial charge is 0.508 e. The van der Waals surface area contributed by atoms with Gasteiger partial charge in [-0.3, -0.25) is 53.1 Å². The van der Waals surface area contributed by atoms with Gasteiger partial charge in [-0.25, -0.2) is 4.79 Å². The van der Waals surface area contributed by atoms with Gasteiger partial charge in [0, 0.05) is 32.5 Å². The average molecular weight is 1220 g/mol. The number of amides is 9. The van der Waals surface area contributed by atoms with Crippen molar-refractivity contribution in [1.29, 1.82) is 0 Å². The summed E-state index contributed by atoms with van der Waals surface area (Å²) in [5.74, 6) is -9.65. The van der Waals surface area contributed by atoms with Gasteiger partial charge in [0.05, 0.1) is 19.6 Å². The average Bonchev–Trinajstić information content (AvgIpc) is 2.42. The number of benzene rings is 2. The number of aliphatic imine (C=N–C) groups is 2. The molecule has 1 fully saturated rings. The van der Waals surface area contributed by atoms with E-state index in [1.807, 2.05) is 6.92 Å². The second-order valence-corrected chi connectivity index (χ2v) is 22.3. The summed E-state index contributed by atoms with van der Waals surface area (Å²) in [5.41, 5.74) is 34.9. The maximum absolute atomic E-state index is 14.8. The van der Waals surface area contributed by atoms with Crippen LogP contribution in [0.5, 0.6) is 11.5 Å². The van der Waals surface area contributed by atoms with Gasteiger partial charge in [-0.05, 0) is 98.1 Å². The summed E-state index contributed by atoms with van der Waals surface area (Å²) in [6.07, 6.45) is 0.713. The van der Waals surface area contributed by atoms with Crippen LogP contribution >= 0.6 is 0 Å². The number of nitrogens with zero attached hydrogens (tertiary/aromatic N) is 3. The number of ether oxygens (including phenoxy) is 1. The summed E-state index contributed by atoms with van der Waals surface area (Å²) < 4.78 is 4.97. The highest BCUT2D eigenvalue weighted by Gasteiger charge is 2.41. The van der Waals surface area contributed by atoms with Crippen molar-refractivity contribution < 1.29 is 62.9 Å². The number of likely N-dealkylation sites (tertiary alicyclic amines) is 1. The Hall–Kier alpha value is -8.76. The highest BCUT2D eigenvalue weighted by Crippen LogP contribution is 2.22. The van der Waals surface area contributed by atoms with Gasteiger partial charge in [0.25, 0.3) is 0 Å². The van der Waals surface area contributed by atoms with E-state index in [4.69, 9.17) is 39.1 Å². The van der Waals surface area contributed by atoms with Crippen LogP contribution in [-0.2, 0) is 65.5 Å². The predicted octanol–water partition coefficient (Wildman–Crippen LogP) is -2.11. The number of phenols is 2. The maximum Gasteiger partial charge on any atom is 0.328 e. The SMILES string of the molecule is CC[C@H](C)[C@H](N)C(=O)N[C@@H](CC(N)=O)C(=O)N1CCC[C@H]1C(=O)N[C@H](C(=O)NC(Cc1ccc(O)cc1)C(=O)N[C@@H](CCCN=C(N)N)C(=O)NC(CC(C)C)C(=O)N[C@@H](CCCN=C(N)N)C(=O)NC(Cc1ccc(O)cc1)C(=O)OC)[C@@H](C)CC. The lowest BCUT2D eigenvalue weighted by molar-refractivity contribution is -0.145. The first kappa shape index (κ1) is 72.5. The van der Waals surface area contributed by atoms with Crippen LogP contribution in [0.25, 0.3) is 0 Å². The van der Waals surface area contributed by atoms with Gasteiger partial charge in [-0.1, -0.05) is 78.6 Å². The van der Waals surface area contributed by atoms with Gasteiger partial charge < -0.3 is 91.5 Å². The Morgan fingerprint density at radius 1 is 0.586 bits per heavy atom. The summed E-state index contributed by atoms with van der Waals surface area (Å²) in [5, 5.41) is 38.8. The van der Waals surface area contributed by atoms with E-state index in [2.05, 4.69) is 47.2 Å². The molecule has 0 aliphatic carbocycles. The molecule has 1 aliphatic heterocycles. The Labute approximate surface area is 507 Å². The summed E-state index contributed by atoms with van der Waals surface area (Å²) in [6, 6.07) is -0.0132. The minimum Gasteiger partial charge on any atom is -0.508 e. The normalized spacial score (nSPS) is 16.3. The number of nitrogens with one attached hydrogen (secondary N) is 7. The molecule has 1 saturated heterocycles. The molecule has 0 bridgehead atoms. The molecule has 29 heteroatoms. The lowest BCUT2D eigenvalue weighted by Crippen LogP contribution is -2.61. The molecule has 3 unspecified atom stereocenters. The molecule has 29 nitrogen and oxygen atoms in total. The third kappa shape index (κ3) is 24.6. The predicted molar refractivity (Wildman–Crippen MR) is 324 cm³/mol. The molecule has 482 valence electrons. The molecule has 21 N–H and O–H groups in total. The number of esters is 1. The van der Waals surface area contributed by atoms with Gasteiger partial charge in [0.15, 0.2) is 11.9 Å². The first-order valence-corrected chi connectivity index (χ1v) is 29.3. The zero-order valence-corrected chi connectivity index (χ0v) is 50.8. The number of hydrogen-bond acceptors (Lipinski definition) is 16. The van der Waals surface area contributed by atoms with E-state index in [0.29, 0.717) is 30.4 Å². The summed E-state index contributed by atoms with van der Waals surface area (Å²) in [6.45, 7) is 10.8. The van der Waals surface area contributed by atoms with Crippen molar-refractivity contribution >= 4 is 71.1 Å². The number of phenolic OH excluding ortho intramolecular Hbond substituents is 2. The molecule has 0 aromatic heterocycles. The van der Waals surface area contributed by atoms with E-state index < -0.39 is 126 Å². The third-order valence-electron chi connectivity index (χ3n) is 14.9. The van der Waals surface area contributed by atoms with Crippen LogP contribution in [-0.4, -0.2) is 167 Å². The number of methoxy groups -OCH3 is 1. The van der Waals surface area contributed by atoms with Crippen LogP contribution in [0.2, 0.25) is 0 Å². The van der Waals surface area contributed by atoms with Crippen LogP contribution < -0.4 is 71.6 Å². The maximum atomic E-state index is 14.8. The van der Waals surface area contributed by atoms with E-state index in [1.165, 1.54) is 41.3 Å². The van der Waals surface area contributed by atoms with Crippen molar-refractivity contribution in [3.8, 4) is 11.5 Å². The summed E-state index contributed by atoms with van der Waals surface area (Å²) in [7, 11) is 1.14. The standard InChI is InChI=1S/C58H92N16O13/c1-8-32(5)46(60)53(83)71-42(30-45(59)77)55(85)74-26-12-15-44(74)52(82)73-47(33(6)9-2)54(84)70-41(28-34-16-20-36(75)21-17-34)51(81)68-38(13-10-24-65-57(61)62)48(78)69-40(27-31(3)4)50(80)67-39(14-11-25-66-58(63)64)49(79)72-43(56(86)87-7)29-35-18-22-37(76)23-19-35/h16-23,31-33,38-44,46-47,75-76H,8-15,24-30,60H2,1-7H3,(H2,59,77)(H,67,80)(H,68,81)(H,69,78)(H,70,84)(H,71,83)(H,72,79)(H,73,82)(H4,61,62,65)(H4,63,64,66)/t32-,33-,38-,39-,40?,41?,42-,43?,44-,46-,47-/m0/s1. The van der Waals surface area contributed by atoms with Crippen LogP contribution in [0.15, 0.2) is 58.5 Å². The van der Waals surface area contributed by atoms with Crippen molar-refractivity contribution in [3.63, 3.8) is 0 Å². The van der Waals surface area contributed by atoms with Crippen LogP contribution in [0.3, 0.4) is 0 Å². The third-order valence-corrected chi connectivity index (χ3v) is 14.9. The lowest BCUT2D eigenvalue weighted by atomic mass is 9.96. The Morgan fingerprint density at radius 2 is 1.02 bits per heavy atom. The van der Waals surface area contributed by atoms with Gasteiger partial charge in [-0.15, -0.1) is 0 Å². The molecule has 2 aromatic carbocycles.